The van der Waals surface area contributed by atoms with Gasteiger partial charge in [0.25, 0.3) is 5.91 Å². The first-order chi connectivity index (χ1) is 8.63. The zero-order valence-corrected chi connectivity index (χ0v) is 9.75. The highest BCUT2D eigenvalue weighted by Crippen LogP contribution is 2.08. The quantitative estimate of drug-likeness (QED) is 0.632. The van der Waals surface area contributed by atoms with E-state index in [1.165, 1.54) is 6.08 Å². The molecule has 6 nitrogen and oxygen atoms in total. The van der Waals surface area contributed by atoms with Gasteiger partial charge in [-0.2, -0.15) is 0 Å². The van der Waals surface area contributed by atoms with Crippen molar-refractivity contribution in [2.75, 3.05) is 11.1 Å². The third kappa shape index (κ3) is 3.18. The number of carbonyl (C=O) groups excluding carboxylic acids is 1. The minimum Gasteiger partial charge on any atom is -0.408 e. The molecule has 1 aromatic carbocycles. The van der Waals surface area contributed by atoms with Gasteiger partial charge in [-0.25, -0.2) is 0 Å². The van der Waals surface area contributed by atoms with Gasteiger partial charge in [0.15, 0.2) is 0 Å². The lowest BCUT2D eigenvalue weighted by Gasteiger charge is -1.95. The highest BCUT2D eigenvalue weighted by atomic mass is 16.4. The van der Waals surface area contributed by atoms with Crippen LogP contribution in [0.5, 0.6) is 0 Å². The Morgan fingerprint density at radius 3 is 2.67 bits per heavy atom. The molecule has 0 saturated carbocycles. The number of hydrogen-bond acceptors (Lipinski definition) is 5. The Morgan fingerprint density at radius 1 is 1.33 bits per heavy atom. The number of hydrogen-bond donors (Lipinski definition) is 2. The van der Waals surface area contributed by atoms with Gasteiger partial charge in [-0.15, -0.1) is 5.10 Å². The lowest BCUT2D eigenvalue weighted by molar-refractivity contribution is -0.112. The molecule has 1 aromatic heterocycles. The van der Waals surface area contributed by atoms with Crippen LogP contribution in [0.3, 0.4) is 0 Å². The molecule has 0 spiro atoms. The van der Waals surface area contributed by atoms with Gasteiger partial charge in [-0.3, -0.25) is 10.1 Å². The standard InChI is InChI=1S/C12H12N4O2/c1-8-15-16-12(18-8)14-11(17)7-4-9-2-5-10(13)6-3-9/h2-7H,13H2,1H3,(H,14,16,17)/b7-4+. The van der Waals surface area contributed by atoms with E-state index in [1.807, 2.05) is 12.1 Å². The van der Waals surface area contributed by atoms with Crippen LogP contribution in [0.1, 0.15) is 11.5 Å². The van der Waals surface area contributed by atoms with Gasteiger partial charge in [0.1, 0.15) is 0 Å². The number of nitrogens with zero attached hydrogens (tertiary/aromatic N) is 2. The Balaban J connectivity index is 1.96. The van der Waals surface area contributed by atoms with Crippen molar-refractivity contribution in [3.05, 3.63) is 41.8 Å². The molecule has 0 radical (unpaired) electrons. The molecule has 1 heterocycles. The largest absolute Gasteiger partial charge is 0.408 e. The van der Waals surface area contributed by atoms with Gasteiger partial charge in [0.05, 0.1) is 0 Å². The summed E-state index contributed by atoms with van der Waals surface area (Å²) in [5, 5.41) is 9.71. The fraction of sp³-hybridized carbons (Fsp3) is 0.0833. The SMILES string of the molecule is Cc1nnc(NC(=O)/C=C/c2ccc(N)cc2)o1. The van der Waals surface area contributed by atoms with E-state index in [-0.39, 0.29) is 11.9 Å². The molecule has 0 atom stereocenters. The van der Waals surface area contributed by atoms with Crippen LogP contribution < -0.4 is 11.1 Å². The van der Waals surface area contributed by atoms with E-state index in [4.69, 9.17) is 10.2 Å². The molecule has 18 heavy (non-hydrogen) atoms. The van der Waals surface area contributed by atoms with Crippen LogP contribution in [-0.2, 0) is 4.79 Å². The Kier molecular flexibility index (Phi) is 3.38. The number of benzene rings is 1. The fourth-order valence-corrected chi connectivity index (χ4v) is 1.27. The Bertz CT molecular complexity index is 572. The second-order valence-electron chi connectivity index (χ2n) is 3.62. The summed E-state index contributed by atoms with van der Waals surface area (Å²) in [6, 6.07) is 7.24. The summed E-state index contributed by atoms with van der Waals surface area (Å²) in [5.41, 5.74) is 7.11. The van der Waals surface area contributed by atoms with Gasteiger partial charge in [0, 0.05) is 18.7 Å². The summed E-state index contributed by atoms with van der Waals surface area (Å²) in [5.74, 6) is 0.0586. The predicted molar refractivity (Wildman–Crippen MR) is 67.6 cm³/mol. The van der Waals surface area contributed by atoms with Crippen molar-refractivity contribution in [3.63, 3.8) is 0 Å². The number of nitrogens with two attached hydrogens (primary N) is 1. The fourth-order valence-electron chi connectivity index (χ4n) is 1.27. The van der Waals surface area contributed by atoms with Crippen molar-refractivity contribution in [2.24, 2.45) is 0 Å². The zero-order chi connectivity index (χ0) is 13.0. The monoisotopic (exact) mass is 244 g/mol. The van der Waals surface area contributed by atoms with Crippen molar-refractivity contribution < 1.29 is 9.21 Å². The minimum atomic E-state index is -0.338. The maximum atomic E-state index is 11.5. The Hall–Kier alpha value is -2.63. The molecular formula is C12H12N4O2. The predicted octanol–water partition coefficient (Wildman–Crippen LogP) is 1.61. The van der Waals surface area contributed by atoms with E-state index in [0.717, 1.165) is 5.56 Å². The van der Waals surface area contributed by atoms with Crippen molar-refractivity contribution in [1.29, 1.82) is 0 Å². The molecule has 0 saturated heterocycles. The van der Waals surface area contributed by atoms with Gasteiger partial charge in [-0.1, -0.05) is 17.2 Å². The molecule has 2 rings (SSSR count). The van der Waals surface area contributed by atoms with E-state index in [2.05, 4.69) is 15.5 Å². The zero-order valence-electron chi connectivity index (χ0n) is 9.75. The first-order valence-corrected chi connectivity index (χ1v) is 5.28. The second-order valence-corrected chi connectivity index (χ2v) is 3.62. The molecule has 0 aliphatic rings. The molecule has 2 aromatic rings. The van der Waals surface area contributed by atoms with Gasteiger partial charge in [-0.05, 0) is 23.8 Å². The van der Waals surface area contributed by atoms with E-state index in [0.29, 0.717) is 11.6 Å². The third-order valence-electron chi connectivity index (χ3n) is 2.12. The summed E-state index contributed by atoms with van der Waals surface area (Å²) in [7, 11) is 0. The topological polar surface area (TPSA) is 94.0 Å². The van der Waals surface area contributed by atoms with Gasteiger partial charge >= 0.3 is 6.01 Å². The molecular weight excluding hydrogens is 232 g/mol. The number of anilines is 2. The average Bonchev–Trinajstić information content (AvgIpc) is 2.74. The summed E-state index contributed by atoms with van der Waals surface area (Å²) < 4.78 is 5.02. The summed E-state index contributed by atoms with van der Waals surface area (Å²) in [4.78, 5) is 11.5. The van der Waals surface area contributed by atoms with Crippen LogP contribution in [0.2, 0.25) is 0 Å². The number of amides is 1. The van der Waals surface area contributed by atoms with E-state index in [9.17, 15) is 4.79 Å². The molecule has 0 bridgehead atoms. The number of aromatic nitrogens is 2. The summed E-state index contributed by atoms with van der Waals surface area (Å²) >= 11 is 0. The smallest absolute Gasteiger partial charge is 0.322 e. The van der Waals surface area contributed by atoms with E-state index in [1.54, 1.807) is 25.1 Å². The first-order valence-electron chi connectivity index (χ1n) is 5.28. The maximum Gasteiger partial charge on any atom is 0.322 e. The van der Waals surface area contributed by atoms with Crippen LogP contribution in [-0.4, -0.2) is 16.1 Å². The molecule has 0 unspecified atom stereocenters. The summed E-state index contributed by atoms with van der Waals surface area (Å²) in [6.45, 7) is 1.65. The third-order valence-corrected chi connectivity index (χ3v) is 2.12. The van der Waals surface area contributed by atoms with Gasteiger partial charge < -0.3 is 10.2 Å². The molecule has 0 aliphatic heterocycles. The van der Waals surface area contributed by atoms with Crippen LogP contribution in [0.25, 0.3) is 6.08 Å². The van der Waals surface area contributed by atoms with Crippen LogP contribution in [0.4, 0.5) is 11.7 Å². The Morgan fingerprint density at radius 2 is 2.06 bits per heavy atom. The van der Waals surface area contributed by atoms with Gasteiger partial charge in [0.2, 0.25) is 5.89 Å². The van der Waals surface area contributed by atoms with Crippen molar-refractivity contribution in [2.45, 2.75) is 6.92 Å². The first kappa shape index (κ1) is 11.8. The molecule has 3 N–H and O–H groups in total. The molecule has 1 amide bonds. The molecule has 0 aliphatic carbocycles. The van der Waals surface area contributed by atoms with Crippen molar-refractivity contribution >= 4 is 23.7 Å². The second kappa shape index (κ2) is 5.13. The number of rotatable bonds is 3. The average molecular weight is 244 g/mol. The van der Waals surface area contributed by atoms with Crippen molar-refractivity contribution in [1.82, 2.24) is 10.2 Å². The highest BCUT2D eigenvalue weighted by molar-refractivity contribution is 6.00. The number of nitrogen functional groups attached to an aromatic ring is 1. The lowest BCUT2D eigenvalue weighted by Crippen LogP contribution is -2.07. The highest BCUT2D eigenvalue weighted by Gasteiger charge is 2.04. The van der Waals surface area contributed by atoms with E-state index < -0.39 is 0 Å². The number of carbonyl (C=O) groups is 1. The van der Waals surface area contributed by atoms with Crippen LogP contribution >= 0.6 is 0 Å². The number of nitrogens with one attached hydrogen (secondary N) is 1. The maximum absolute atomic E-state index is 11.5. The van der Waals surface area contributed by atoms with Crippen LogP contribution in [0.15, 0.2) is 34.8 Å². The number of aryl methyl sites for hydroxylation is 1. The van der Waals surface area contributed by atoms with Crippen molar-refractivity contribution in [3.8, 4) is 0 Å². The molecule has 6 heteroatoms. The van der Waals surface area contributed by atoms with Crippen LogP contribution in [0, 0.1) is 6.92 Å². The summed E-state index contributed by atoms with van der Waals surface area (Å²) in [6.07, 6.45) is 3.04. The van der Waals surface area contributed by atoms with E-state index >= 15 is 0 Å². The molecule has 0 fully saturated rings. The Labute approximate surface area is 104 Å². The lowest BCUT2D eigenvalue weighted by atomic mass is 10.2. The molecule has 92 valence electrons. The normalized spacial score (nSPS) is 10.7. The minimum absolute atomic E-state index is 0.0828.